The van der Waals surface area contributed by atoms with E-state index in [0.717, 1.165) is 10.0 Å². The van der Waals surface area contributed by atoms with Gasteiger partial charge in [0.05, 0.1) is 14.2 Å². The van der Waals surface area contributed by atoms with E-state index in [1.807, 2.05) is 25.1 Å². The van der Waals surface area contributed by atoms with Crippen molar-refractivity contribution in [1.29, 1.82) is 0 Å². The third-order valence-corrected chi connectivity index (χ3v) is 3.41. The zero-order valence-electron chi connectivity index (χ0n) is 11.6. The van der Waals surface area contributed by atoms with Gasteiger partial charge in [-0.1, -0.05) is 15.9 Å². The zero-order valence-corrected chi connectivity index (χ0v) is 13.2. The lowest BCUT2D eigenvalue weighted by molar-refractivity contribution is 0.103. The van der Waals surface area contributed by atoms with Crippen molar-refractivity contribution in [3.05, 3.63) is 57.6 Å². The van der Waals surface area contributed by atoms with Crippen LogP contribution in [0, 0.1) is 6.92 Å². The number of ether oxygens (including phenoxy) is 2. The monoisotopic (exact) mass is 334 g/mol. The number of rotatable bonds is 4. The lowest BCUT2D eigenvalue weighted by Gasteiger charge is -2.09. The number of halogens is 1. The van der Waals surface area contributed by atoms with Crippen molar-refractivity contribution in [1.82, 2.24) is 0 Å². The standard InChI is InChI=1S/C16H15BrO3/c1-10-6-12(8-13(17)7-10)16(18)11-4-5-14(19-2)15(9-11)20-3/h4-9H,1-3H3. The van der Waals surface area contributed by atoms with Gasteiger partial charge in [0.1, 0.15) is 0 Å². The van der Waals surface area contributed by atoms with Gasteiger partial charge >= 0.3 is 0 Å². The summed E-state index contributed by atoms with van der Waals surface area (Å²) >= 11 is 3.41. The molecule has 4 heteroatoms. The Hall–Kier alpha value is -1.81. The van der Waals surface area contributed by atoms with Crippen molar-refractivity contribution in [2.45, 2.75) is 6.92 Å². The minimum Gasteiger partial charge on any atom is -0.493 e. The average Bonchev–Trinajstić information content (AvgIpc) is 2.44. The Labute approximate surface area is 126 Å². The first kappa shape index (κ1) is 14.6. The number of carbonyl (C=O) groups excluding carboxylic acids is 1. The lowest BCUT2D eigenvalue weighted by atomic mass is 10.0. The first-order valence-electron chi connectivity index (χ1n) is 6.09. The molecule has 2 rings (SSSR count). The van der Waals surface area contributed by atoms with Crippen LogP contribution in [0.5, 0.6) is 11.5 Å². The predicted molar refractivity (Wildman–Crippen MR) is 81.9 cm³/mol. The molecule has 0 aliphatic rings. The molecular weight excluding hydrogens is 320 g/mol. The van der Waals surface area contributed by atoms with Gasteiger partial charge in [0, 0.05) is 15.6 Å². The van der Waals surface area contributed by atoms with E-state index in [2.05, 4.69) is 15.9 Å². The van der Waals surface area contributed by atoms with Gasteiger partial charge in [0.25, 0.3) is 0 Å². The van der Waals surface area contributed by atoms with Crippen LogP contribution in [0.2, 0.25) is 0 Å². The summed E-state index contributed by atoms with van der Waals surface area (Å²) in [4.78, 5) is 12.5. The van der Waals surface area contributed by atoms with Gasteiger partial charge in [-0.05, 0) is 48.9 Å². The minimum atomic E-state index is -0.0460. The molecule has 0 aliphatic heterocycles. The molecule has 3 nitrogen and oxygen atoms in total. The topological polar surface area (TPSA) is 35.5 Å². The molecule has 2 aromatic carbocycles. The summed E-state index contributed by atoms with van der Waals surface area (Å²) in [6.45, 7) is 1.95. The molecular formula is C16H15BrO3. The third-order valence-electron chi connectivity index (χ3n) is 2.95. The number of hydrogen-bond acceptors (Lipinski definition) is 3. The Bertz CT molecular complexity index is 630. The van der Waals surface area contributed by atoms with Crippen molar-refractivity contribution in [2.75, 3.05) is 14.2 Å². The van der Waals surface area contributed by atoms with E-state index in [4.69, 9.17) is 9.47 Å². The summed E-state index contributed by atoms with van der Waals surface area (Å²) in [6.07, 6.45) is 0. The fourth-order valence-electron chi connectivity index (χ4n) is 2.01. The van der Waals surface area contributed by atoms with Crippen molar-refractivity contribution in [2.24, 2.45) is 0 Å². The number of ketones is 1. The summed E-state index contributed by atoms with van der Waals surface area (Å²) in [5.41, 5.74) is 2.24. The summed E-state index contributed by atoms with van der Waals surface area (Å²) in [7, 11) is 3.12. The molecule has 0 aromatic heterocycles. The Morgan fingerprint density at radius 1 is 0.950 bits per heavy atom. The molecule has 0 heterocycles. The normalized spacial score (nSPS) is 10.2. The predicted octanol–water partition coefficient (Wildman–Crippen LogP) is 4.01. The van der Waals surface area contributed by atoms with Gasteiger partial charge < -0.3 is 9.47 Å². The Kier molecular flexibility index (Phi) is 4.45. The third kappa shape index (κ3) is 3.02. The molecule has 0 unspecified atom stereocenters. The van der Waals surface area contributed by atoms with Gasteiger partial charge in [0.2, 0.25) is 0 Å². The number of methoxy groups -OCH3 is 2. The van der Waals surface area contributed by atoms with E-state index >= 15 is 0 Å². The Morgan fingerprint density at radius 2 is 1.65 bits per heavy atom. The highest BCUT2D eigenvalue weighted by Crippen LogP contribution is 2.29. The summed E-state index contributed by atoms with van der Waals surface area (Å²) in [5.74, 6) is 1.11. The van der Waals surface area contributed by atoms with Gasteiger partial charge in [-0.25, -0.2) is 0 Å². The maximum absolute atomic E-state index is 12.5. The van der Waals surface area contributed by atoms with E-state index in [-0.39, 0.29) is 5.78 Å². The van der Waals surface area contributed by atoms with Crippen molar-refractivity contribution < 1.29 is 14.3 Å². The molecule has 0 saturated heterocycles. The summed E-state index contributed by atoms with van der Waals surface area (Å²) < 4.78 is 11.3. The van der Waals surface area contributed by atoms with E-state index in [0.29, 0.717) is 22.6 Å². The highest BCUT2D eigenvalue weighted by Gasteiger charge is 2.13. The smallest absolute Gasteiger partial charge is 0.193 e. The second kappa shape index (κ2) is 6.09. The molecule has 20 heavy (non-hydrogen) atoms. The number of carbonyl (C=O) groups is 1. The SMILES string of the molecule is COc1ccc(C(=O)c2cc(C)cc(Br)c2)cc1OC. The van der Waals surface area contributed by atoms with Crippen LogP contribution in [0.1, 0.15) is 21.5 Å². The van der Waals surface area contributed by atoms with Crippen LogP contribution < -0.4 is 9.47 Å². The Balaban J connectivity index is 2.42. The molecule has 0 N–H and O–H groups in total. The Morgan fingerprint density at radius 3 is 2.25 bits per heavy atom. The van der Waals surface area contributed by atoms with E-state index in [1.54, 1.807) is 32.4 Å². The van der Waals surface area contributed by atoms with Gasteiger partial charge in [0.15, 0.2) is 17.3 Å². The van der Waals surface area contributed by atoms with Gasteiger partial charge in [-0.2, -0.15) is 0 Å². The molecule has 0 amide bonds. The van der Waals surface area contributed by atoms with Gasteiger partial charge in [-0.15, -0.1) is 0 Å². The van der Waals surface area contributed by atoms with Crippen LogP contribution in [-0.2, 0) is 0 Å². The van der Waals surface area contributed by atoms with Crippen LogP contribution in [0.15, 0.2) is 40.9 Å². The second-order valence-corrected chi connectivity index (χ2v) is 5.33. The number of hydrogen-bond donors (Lipinski definition) is 0. The molecule has 0 fully saturated rings. The highest BCUT2D eigenvalue weighted by molar-refractivity contribution is 9.10. The summed E-state index contributed by atoms with van der Waals surface area (Å²) in [5, 5.41) is 0. The number of aryl methyl sites for hydroxylation is 1. The van der Waals surface area contributed by atoms with Crippen LogP contribution in [0.4, 0.5) is 0 Å². The molecule has 0 saturated carbocycles. The zero-order chi connectivity index (χ0) is 14.7. The lowest BCUT2D eigenvalue weighted by Crippen LogP contribution is -2.03. The minimum absolute atomic E-state index is 0.0460. The quantitative estimate of drug-likeness (QED) is 0.792. The van der Waals surface area contributed by atoms with Crippen LogP contribution >= 0.6 is 15.9 Å². The molecule has 0 aliphatic carbocycles. The van der Waals surface area contributed by atoms with E-state index in [9.17, 15) is 4.79 Å². The molecule has 104 valence electrons. The first-order chi connectivity index (χ1) is 9.55. The largest absolute Gasteiger partial charge is 0.493 e. The fraction of sp³-hybridized carbons (Fsp3) is 0.188. The van der Waals surface area contributed by atoms with Crippen molar-refractivity contribution in [3.8, 4) is 11.5 Å². The molecule has 0 bridgehead atoms. The maximum Gasteiger partial charge on any atom is 0.193 e. The maximum atomic E-state index is 12.5. The van der Waals surface area contributed by atoms with Crippen LogP contribution in [-0.4, -0.2) is 20.0 Å². The van der Waals surface area contributed by atoms with Crippen LogP contribution in [0.25, 0.3) is 0 Å². The van der Waals surface area contributed by atoms with E-state index < -0.39 is 0 Å². The average molecular weight is 335 g/mol. The number of benzene rings is 2. The van der Waals surface area contributed by atoms with Crippen molar-refractivity contribution in [3.63, 3.8) is 0 Å². The first-order valence-corrected chi connectivity index (χ1v) is 6.88. The molecule has 0 atom stereocenters. The molecule has 2 aromatic rings. The van der Waals surface area contributed by atoms with Crippen LogP contribution in [0.3, 0.4) is 0 Å². The molecule has 0 spiro atoms. The second-order valence-electron chi connectivity index (χ2n) is 4.42. The highest BCUT2D eigenvalue weighted by atomic mass is 79.9. The molecule has 0 radical (unpaired) electrons. The summed E-state index contributed by atoms with van der Waals surface area (Å²) in [6, 6.07) is 10.8. The fourth-order valence-corrected chi connectivity index (χ4v) is 2.62. The van der Waals surface area contributed by atoms with Gasteiger partial charge in [-0.3, -0.25) is 4.79 Å². The van der Waals surface area contributed by atoms with E-state index in [1.165, 1.54) is 0 Å². The van der Waals surface area contributed by atoms with Crippen molar-refractivity contribution >= 4 is 21.7 Å².